The lowest BCUT2D eigenvalue weighted by Crippen LogP contribution is -2.04. The van der Waals surface area contributed by atoms with E-state index in [9.17, 15) is 4.39 Å². The molecule has 1 aliphatic heterocycles. The Labute approximate surface area is 75.6 Å². The maximum absolute atomic E-state index is 13.2. The summed E-state index contributed by atoms with van der Waals surface area (Å²) in [4.78, 5) is 0. The van der Waals surface area contributed by atoms with E-state index >= 15 is 0 Å². The molecule has 0 bridgehead atoms. The van der Waals surface area contributed by atoms with Gasteiger partial charge in [-0.25, -0.2) is 4.39 Å². The number of halogens is 1. The molecule has 2 rings (SSSR count). The lowest BCUT2D eigenvalue weighted by atomic mass is 10.3. The fraction of sp³-hybridized carbons (Fsp3) is 0.200. The molecule has 0 saturated carbocycles. The van der Waals surface area contributed by atoms with Crippen molar-refractivity contribution >= 4 is 0 Å². The molecule has 1 heterocycles. The number of benzene rings is 1. The van der Waals surface area contributed by atoms with Crippen LogP contribution in [0.4, 0.5) is 4.39 Å². The van der Waals surface area contributed by atoms with Gasteiger partial charge in [0.25, 0.3) is 0 Å². The first kappa shape index (κ1) is 8.10. The average molecular weight is 180 g/mol. The summed E-state index contributed by atoms with van der Waals surface area (Å²) in [6.07, 6.45) is 3.64. The number of hydrogen-bond donors (Lipinski definition) is 0. The molecule has 0 aromatic heterocycles. The third kappa shape index (κ3) is 1.64. The quantitative estimate of drug-likeness (QED) is 0.569. The van der Waals surface area contributed by atoms with Crippen molar-refractivity contribution in [3.8, 4) is 11.5 Å². The molecule has 13 heavy (non-hydrogen) atoms. The van der Waals surface area contributed by atoms with Crippen molar-refractivity contribution in [2.24, 2.45) is 0 Å². The molecule has 1 aliphatic rings. The first-order chi connectivity index (χ1) is 6.38. The SMILES string of the molecule is Fc1cccc2c1OC/C=C\CO2. The molecule has 0 N–H and O–H groups in total. The second kappa shape index (κ2) is 3.47. The van der Waals surface area contributed by atoms with Gasteiger partial charge in [-0.1, -0.05) is 6.07 Å². The summed E-state index contributed by atoms with van der Waals surface area (Å²) in [5.41, 5.74) is 0. The summed E-state index contributed by atoms with van der Waals surface area (Å²) in [6, 6.07) is 4.65. The topological polar surface area (TPSA) is 18.5 Å². The lowest BCUT2D eigenvalue weighted by molar-refractivity contribution is 0.284. The number of hydrogen-bond acceptors (Lipinski definition) is 2. The van der Waals surface area contributed by atoms with Crippen molar-refractivity contribution in [3.63, 3.8) is 0 Å². The summed E-state index contributed by atoms with van der Waals surface area (Å²) in [6.45, 7) is 0.844. The van der Waals surface area contributed by atoms with Crippen LogP contribution < -0.4 is 9.47 Å². The van der Waals surface area contributed by atoms with Gasteiger partial charge >= 0.3 is 0 Å². The van der Waals surface area contributed by atoms with Crippen LogP contribution in [0, 0.1) is 5.82 Å². The maximum Gasteiger partial charge on any atom is 0.197 e. The van der Waals surface area contributed by atoms with Crippen molar-refractivity contribution < 1.29 is 13.9 Å². The summed E-state index contributed by atoms with van der Waals surface area (Å²) < 4.78 is 23.6. The van der Waals surface area contributed by atoms with Gasteiger partial charge in [0, 0.05) is 0 Å². The molecule has 0 spiro atoms. The van der Waals surface area contributed by atoms with Crippen LogP contribution >= 0.6 is 0 Å². The maximum atomic E-state index is 13.2. The molecular formula is C10H9FO2. The van der Waals surface area contributed by atoms with Gasteiger partial charge in [0.2, 0.25) is 0 Å². The van der Waals surface area contributed by atoms with E-state index in [1.165, 1.54) is 6.07 Å². The van der Waals surface area contributed by atoms with Crippen molar-refractivity contribution in [2.45, 2.75) is 0 Å². The monoisotopic (exact) mass is 180 g/mol. The third-order valence-electron chi connectivity index (χ3n) is 1.76. The second-order valence-corrected chi connectivity index (χ2v) is 2.66. The van der Waals surface area contributed by atoms with Gasteiger partial charge in [-0.15, -0.1) is 0 Å². The van der Waals surface area contributed by atoms with E-state index in [2.05, 4.69) is 0 Å². The van der Waals surface area contributed by atoms with Gasteiger partial charge in [0.15, 0.2) is 17.3 Å². The Kier molecular flexibility index (Phi) is 2.17. The highest BCUT2D eigenvalue weighted by atomic mass is 19.1. The van der Waals surface area contributed by atoms with E-state index in [1.807, 2.05) is 6.08 Å². The van der Waals surface area contributed by atoms with Crippen molar-refractivity contribution in [2.75, 3.05) is 13.2 Å². The zero-order valence-electron chi connectivity index (χ0n) is 7.00. The van der Waals surface area contributed by atoms with E-state index in [4.69, 9.17) is 9.47 Å². The number of rotatable bonds is 0. The Morgan fingerprint density at radius 1 is 1.08 bits per heavy atom. The van der Waals surface area contributed by atoms with Gasteiger partial charge < -0.3 is 9.47 Å². The molecule has 0 radical (unpaired) electrons. The van der Waals surface area contributed by atoms with Crippen LogP contribution in [-0.2, 0) is 0 Å². The summed E-state index contributed by atoms with van der Waals surface area (Å²) in [7, 11) is 0. The normalized spacial score (nSPS) is 17.3. The first-order valence-electron chi connectivity index (χ1n) is 4.07. The van der Waals surface area contributed by atoms with Gasteiger partial charge in [0.05, 0.1) is 0 Å². The second-order valence-electron chi connectivity index (χ2n) is 2.66. The fourth-order valence-electron chi connectivity index (χ4n) is 1.15. The molecular weight excluding hydrogens is 171 g/mol. The fourth-order valence-corrected chi connectivity index (χ4v) is 1.15. The van der Waals surface area contributed by atoms with Gasteiger partial charge in [-0.2, -0.15) is 0 Å². The lowest BCUT2D eigenvalue weighted by Gasteiger charge is -2.13. The van der Waals surface area contributed by atoms with E-state index < -0.39 is 0 Å². The molecule has 0 aliphatic carbocycles. The van der Waals surface area contributed by atoms with Gasteiger partial charge in [0.1, 0.15) is 13.2 Å². The molecule has 1 aromatic rings. The molecule has 1 aromatic carbocycles. The van der Waals surface area contributed by atoms with Crippen molar-refractivity contribution in [1.82, 2.24) is 0 Å². The van der Waals surface area contributed by atoms with Crippen LogP contribution in [0.5, 0.6) is 11.5 Å². The molecule has 0 atom stereocenters. The molecule has 0 amide bonds. The molecule has 3 heteroatoms. The van der Waals surface area contributed by atoms with Gasteiger partial charge in [-0.3, -0.25) is 0 Å². The van der Waals surface area contributed by atoms with Crippen LogP contribution in [0.3, 0.4) is 0 Å². The van der Waals surface area contributed by atoms with E-state index in [1.54, 1.807) is 18.2 Å². The zero-order chi connectivity index (χ0) is 9.10. The Morgan fingerprint density at radius 2 is 1.85 bits per heavy atom. The Morgan fingerprint density at radius 3 is 2.69 bits per heavy atom. The molecule has 0 unspecified atom stereocenters. The predicted octanol–water partition coefficient (Wildman–Crippen LogP) is 2.15. The Bertz CT molecular complexity index is 334. The molecule has 0 saturated heterocycles. The summed E-state index contributed by atoms with van der Waals surface area (Å²) >= 11 is 0. The Balaban J connectivity index is 2.37. The van der Waals surface area contributed by atoms with Crippen LogP contribution in [0.15, 0.2) is 30.4 Å². The number of para-hydroxylation sites is 1. The number of ether oxygens (including phenoxy) is 2. The molecule has 2 nitrogen and oxygen atoms in total. The van der Waals surface area contributed by atoms with Crippen molar-refractivity contribution in [1.29, 1.82) is 0 Å². The highest BCUT2D eigenvalue weighted by molar-refractivity contribution is 5.41. The molecule has 0 fully saturated rings. The zero-order valence-corrected chi connectivity index (χ0v) is 7.00. The predicted molar refractivity (Wildman–Crippen MR) is 46.5 cm³/mol. The van der Waals surface area contributed by atoms with E-state index in [-0.39, 0.29) is 11.6 Å². The minimum absolute atomic E-state index is 0.201. The average Bonchev–Trinajstić information content (AvgIpc) is 2.07. The van der Waals surface area contributed by atoms with Crippen LogP contribution in [0.1, 0.15) is 0 Å². The summed E-state index contributed by atoms with van der Waals surface area (Å²) in [5.74, 6) is 0.281. The molecule has 68 valence electrons. The third-order valence-corrected chi connectivity index (χ3v) is 1.76. The van der Waals surface area contributed by atoms with E-state index in [0.29, 0.717) is 19.0 Å². The highest BCUT2D eigenvalue weighted by Gasteiger charge is 2.11. The largest absolute Gasteiger partial charge is 0.486 e. The standard InChI is InChI=1S/C10H9FO2/c11-8-4-3-5-9-10(8)13-7-2-1-6-12-9/h1-5H,6-7H2/b2-1-. The van der Waals surface area contributed by atoms with E-state index in [0.717, 1.165) is 0 Å². The highest BCUT2D eigenvalue weighted by Crippen LogP contribution is 2.30. The minimum atomic E-state index is -0.382. The first-order valence-corrected chi connectivity index (χ1v) is 4.07. The van der Waals surface area contributed by atoms with Crippen LogP contribution in [0.2, 0.25) is 0 Å². The smallest absolute Gasteiger partial charge is 0.197 e. The Hall–Kier alpha value is -1.51. The van der Waals surface area contributed by atoms with Crippen LogP contribution in [0.25, 0.3) is 0 Å². The number of fused-ring (bicyclic) bond motifs is 1. The summed E-state index contributed by atoms with van der Waals surface area (Å²) in [5, 5.41) is 0. The van der Waals surface area contributed by atoms with Crippen molar-refractivity contribution in [3.05, 3.63) is 36.2 Å². The van der Waals surface area contributed by atoms with Crippen LogP contribution in [-0.4, -0.2) is 13.2 Å². The van der Waals surface area contributed by atoms with Gasteiger partial charge in [-0.05, 0) is 24.3 Å². The minimum Gasteiger partial charge on any atom is -0.486 e.